The molecule has 1 fully saturated rings. The topological polar surface area (TPSA) is 120 Å². The number of carbonyl (C=O) groups is 5. The number of anilines is 1. The monoisotopic (exact) mass is 574 g/mol. The summed E-state index contributed by atoms with van der Waals surface area (Å²) in [6.45, 7) is 4.68. The SMILES string of the molecule is CC(=O)Oc1cccc2c1C(=O)c1c(OC(C)=O)cc(COC(=O)CN3CCN(c4ccc(F)cc4)CC3)cc1C2=O. The number of ether oxygens (including phenoxy) is 3. The molecule has 1 aliphatic heterocycles. The molecule has 0 spiro atoms. The molecule has 216 valence electrons. The van der Waals surface area contributed by atoms with Crippen molar-refractivity contribution in [2.75, 3.05) is 37.6 Å². The number of fused-ring (bicyclic) bond motifs is 2. The Morgan fingerprint density at radius 1 is 0.786 bits per heavy atom. The number of benzene rings is 3. The number of esters is 3. The molecule has 0 amide bonds. The smallest absolute Gasteiger partial charge is 0.320 e. The van der Waals surface area contributed by atoms with Crippen molar-refractivity contribution >= 4 is 35.2 Å². The van der Waals surface area contributed by atoms with E-state index in [1.54, 1.807) is 12.1 Å². The zero-order valence-corrected chi connectivity index (χ0v) is 23.0. The molecule has 1 heterocycles. The molecule has 11 heteroatoms. The van der Waals surface area contributed by atoms with Crippen LogP contribution >= 0.6 is 0 Å². The van der Waals surface area contributed by atoms with Crippen molar-refractivity contribution in [2.24, 2.45) is 0 Å². The van der Waals surface area contributed by atoms with E-state index in [0.717, 1.165) is 12.6 Å². The summed E-state index contributed by atoms with van der Waals surface area (Å²) in [6, 6.07) is 13.4. The number of halogens is 1. The van der Waals surface area contributed by atoms with Crippen molar-refractivity contribution in [3.8, 4) is 11.5 Å². The molecule has 0 saturated carbocycles. The maximum absolute atomic E-state index is 13.5. The zero-order chi connectivity index (χ0) is 30.0. The average Bonchev–Trinajstić information content (AvgIpc) is 2.95. The van der Waals surface area contributed by atoms with Gasteiger partial charge in [0.25, 0.3) is 0 Å². The molecule has 10 nitrogen and oxygen atoms in total. The second kappa shape index (κ2) is 11.9. The van der Waals surface area contributed by atoms with E-state index in [0.29, 0.717) is 31.7 Å². The second-order valence-electron chi connectivity index (χ2n) is 9.94. The molecule has 5 rings (SSSR count). The van der Waals surface area contributed by atoms with E-state index in [1.165, 1.54) is 49.4 Å². The van der Waals surface area contributed by atoms with Crippen molar-refractivity contribution in [1.82, 2.24) is 4.90 Å². The number of carbonyl (C=O) groups excluding carboxylic acids is 5. The summed E-state index contributed by atoms with van der Waals surface area (Å²) in [7, 11) is 0. The first-order valence-electron chi connectivity index (χ1n) is 13.3. The van der Waals surface area contributed by atoms with E-state index in [1.807, 2.05) is 4.90 Å². The summed E-state index contributed by atoms with van der Waals surface area (Å²) in [5.41, 5.74) is 1.03. The number of piperazine rings is 1. The third kappa shape index (κ3) is 6.06. The maximum atomic E-state index is 13.5. The number of nitrogens with zero attached hydrogens (tertiary/aromatic N) is 2. The first kappa shape index (κ1) is 28.6. The van der Waals surface area contributed by atoms with Crippen LogP contribution in [0.15, 0.2) is 54.6 Å². The molecule has 42 heavy (non-hydrogen) atoms. The Morgan fingerprint density at radius 3 is 2.10 bits per heavy atom. The third-order valence-electron chi connectivity index (χ3n) is 6.96. The van der Waals surface area contributed by atoms with Gasteiger partial charge in [-0.25, -0.2) is 4.39 Å². The number of hydrogen-bond donors (Lipinski definition) is 0. The van der Waals surface area contributed by atoms with Gasteiger partial charge in [-0.1, -0.05) is 12.1 Å². The second-order valence-corrected chi connectivity index (χ2v) is 9.94. The first-order valence-corrected chi connectivity index (χ1v) is 13.3. The van der Waals surface area contributed by atoms with E-state index < -0.39 is 29.5 Å². The number of ketones is 2. The van der Waals surface area contributed by atoms with Crippen LogP contribution in [0.4, 0.5) is 10.1 Å². The standard InChI is InChI=1S/C31H27FN2O8/c1-18(35)41-25-5-3-4-23-28(25)31(39)29-24(30(23)38)14-20(15-26(29)42-19(2)36)17-40-27(37)16-33-10-12-34(13-11-33)22-8-6-21(32)7-9-22/h3-9,14-15H,10-13,16-17H2,1-2H3. The third-order valence-corrected chi connectivity index (χ3v) is 6.96. The lowest BCUT2D eigenvalue weighted by atomic mass is 9.82. The highest BCUT2D eigenvalue weighted by Crippen LogP contribution is 2.38. The normalized spacial score (nSPS) is 14.6. The van der Waals surface area contributed by atoms with Gasteiger partial charge in [0.2, 0.25) is 5.78 Å². The van der Waals surface area contributed by atoms with Crippen molar-refractivity contribution in [3.05, 3.63) is 88.2 Å². The van der Waals surface area contributed by atoms with E-state index in [-0.39, 0.29) is 52.7 Å². The van der Waals surface area contributed by atoms with Gasteiger partial charge in [0.1, 0.15) is 23.9 Å². The van der Waals surface area contributed by atoms with Gasteiger partial charge < -0.3 is 19.1 Å². The lowest BCUT2D eigenvalue weighted by Gasteiger charge is -2.35. The minimum atomic E-state index is -0.717. The number of rotatable bonds is 7. The van der Waals surface area contributed by atoms with Crippen molar-refractivity contribution < 1.29 is 42.6 Å². The van der Waals surface area contributed by atoms with Crippen LogP contribution < -0.4 is 14.4 Å². The van der Waals surface area contributed by atoms with Crippen LogP contribution in [-0.2, 0) is 25.7 Å². The summed E-state index contributed by atoms with van der Waals surface area (Å²) in [5, 5.41) is 0. The van der Waals surface area contributed by atoms with Gasteiger partial charge in [0.15, 0.2) is 5.78 Å². The van der Waals surface area contributed by atoms with Crippen LogP contribution in [0.25, 0.3) is 0 Å². The highest BCUT2D eigenvalue weighted by Gasteiger charge is 2.36. The average molecular weight is 575 g/mol. The zero-order valence-electron chi connectivity index (χ0n) is 23.0. The highest BCUT2D eigenvalue weighted by atomic mass is 19.1. The first-order chi connectivity index (χ1) is 20.1. The predicted molar refractivity (Wildman–Crippen MR) is 147 cm³/mol. The largest absolute Gasteiger partial charge is 0.460 e. The van der Waals surface area contributed by atoms with E-state index >= 15 is 0 Å². The predicted octanol–water partition coefficient (Wildman–Crippen LogP) is 3.32. The van der Waals surface area contributed by atoms with Gasteiger partial charge in [0.05, 0.1) is 17.7 Å². The fourth-order valence-corrected chi connectivity index (χ4v) is 5.08. The van der Waals surface area contributed by atoms with Crippen molar-refractivity contribution in [3.63, 3.8) is 0 Å². The van der Waals surface area contributed by atoms with E-state index in [9.17, 15) is 28.4 Å². The molecule has 0 N–H and O–H groups in total. The Kier molecular flexibility index (Phi) is 8.12. The van der Waals surface area contributed by atoms with Crippen LogP contribution in [-0.4, -0.2) is 67.1 Å². The molecule has 3 aromatic rings. The van der Waals surface area contributed by atoms with Gasteiger partial charge in [-0.05, 0) is 48.0 Å². The van der Waals surface area contributed by atoms with E-state index in [4.69, 9.17) is 14.2 Å². The van der Waals surface area contributed by atoms with Crippen LogP contribution in [0.5, 0.6) is 11.5 Å². The molecule has 0 bridgehead atoms. The Balaban J connectivity index is 1.29. The summed E-state index contributed by atoms with van der Waals surface area (Å²) >= 11 is 0. The minimum absolute atomic E-state index is 0.0193. The van der Waals surface area contributed by atoms with Crippen LogP contribution in [0.2, 0.25) is 0 Å². The summed E-state index contributed by atoms with van der Waals surface area (Å²) in [5.74, 6) is -3.58. The Labute approximate surface area is 240 Å². The molecule has 3 aromatic carbocycles. The number of hydrogen-bond acceptors (Lipinski definition) is 10. The molecule has 1 aliphatic carbocycles. The molecule has 0 radical (unpaired) electrons. The van der Waals surface area contributed by atoms with Gasteiger partial charge in [-0.15, -0.1) is 0 Å². The molecular weight excluding hydrogens is 547 g/mol. The minimum Gasteiger partial charge on any atom is -0.460 e. The van der Waals surface area contributed by atoms with E-state index in [2.05, 4.69) is 4.90 Å². The summed E-state index contributed by atoms with van der Waals surface area (Å²) < 4.78 is 29.1. The van der Waals surface area contributed by atoms with Gasteiger partial charge in [-0.3, -0.25) is 28.9 Å². The Bertz CT molecular complexity index is 1590. The fourth-order valence-electron chi connectivity index (χ4n) is 5.08. The molecule has 1 saturated heterocycles. The highest BCUT2D eigenvalue weighted by molar-refractivity contribution is 6.30. The lowest BCUT2D eigenvalue weighted by Crippen LogP contribution is -2.48. The molecule has 0 unspecified atom stereocenters. The molecular formula is C31H27FN2O8. The van der Waals surface area contributed by atoms with Crippen molar-refractivity contribution in [1.29, 1.82) is 0 Å². The van der Waals surface area contributed by atoms with Crippen LogP contribution in [0.1, 0.15) is 51.3 Å². The van der Waals surface area contributed by atoms with Gasteiger partial charge in [0, 0.05) is 56.8 Å². The van der Waals surface area contributed by atoms with Gasteiger partial charge in [-0.2, -0.15) is 0 Å². The summed E-state index contributed by atoms with van der Waals surface area (Å²) in [4.78, 5) is 67.2. The fraction of sp³-hybridized carbons (Fsp3) is 0.258. The Hall–Kier alpha value is -4.90. The molecule has 0 atom stereocenters. The van der Waals surface area contributed by atoms with Crippen LogP contribution in [0.3, 0.4) is 0 Å². The maximum Gasteiger partial charge on any atom is 0.320 e. The van der Waals surface area contributed by atoms with Crippen LogP contribution in [0, 0.1) is 5.82 Å². The molecule has 2 aliphatic rings. The Morgan fingerprint density at radius 2 is 1.43 bits per heavy atom. The lowest BCUT2D eigenvalue weighted by molar-refractivity contribution is -0.146. The van der Waals surface area contributed by atoms with Gasteiger partial charge >= 0.3 is 17.9 Å². The summed E-state index contributed by atoms with van der Waals surface area (Å²) in [6.07, 6.45) is 0. The quantitative estimate of drug-likeness (QED) is 0.240. The molecule has 0 aromatic heterocycles. The van der Waals surface area contributed by atoms with Crippen molar-refractivity contribution in [2.45, 2.75) is 20.5 Å².